The molecule has 1 aromatic rings. The molecule has 0 aliphatic carbocycles. The lowest BCUT2D eigenvalue weighted by molar-refractivity contribution is 0.0981. The first kappa shape index (κ1) is 13.5. The highest BCUT2D eigenvalue weighted by molar-refractivity contribution is 5.20. The Hall–Kier alpha value is -0.930. The van der Waals surface area contributed by atoms with Gasteiger partial charge in [-0.3, -0.25) is 10.2 Å². The first-order valence-corrected chi connectivity index (χ1v) is 6.93. The van der Waals surface area contributed by atoms with Crippen LogP contribution in [0.2, 0.25) is 0 Å². The molecule has 1 aromatic carbocycles. The third-order valence-electron chi connectivity index (χ3n) is 3.56. The van der Waals surface area contributed by atoms with Crippen molar-refractivity contribution in [2.45, 2.75) is 32.9 Å². The van der Waals surface area contributed by atoms with Crippen LogP contribution in [0.15, 0.2) is 24.3 Å². The summed E-state index contributed by atoms with van der Waals surface area (Å²) in [6, 6.07) is 6.88. The molecule has 2 atom stereocenters. The van der Waals surface area contributed by atoms with Gasteiger partial charge in [0.1, 0.15) is 5.82 Å². The second kappa shape index (κ2) is 6.30. The fourth-order valence-electron chi connectivity index (χ4n) is 2.57. The number of unbranched alkanes of at least 4 members (excludes halogenated alkanes) is 1. The van der Waals surface area contributed by atoms with E-state index < -0.39 is 0 Å². The van der Waals surface area contributed by atoms with Crippen LogP contribution in [0.25, 0.3) is 0 Å². The third kappa shape index (κ3) is 3.30. The van der Waals surface area contributed by atoms with Crippen LogP contribution < -0.4 is 5.32 Å². The molecule has 0 saturated carbocycles. The third-order valence-corrected chi connectivity index (χ3v) is 3.56. The van der Waals surface area contributed by atoms with Gasteiger partial charge in [0, 0.05) is 13.1 Å². The first-order chi connectivity index (χ1) is 8.70. The molecular formula is C15H23FN2. The summed E-state index contributed by atoms with van der Waals surface area (Å²) in [6.45, 7) is 7.75. The van der Waals surface area contributed by atoms with Crippen LogP contribution in [-0.2, 0) is 0 Å². The maximum atomic E-state index is 13.0. The van der Waals surface area contributed by atoms with Crippen LogP contribution >= 0.6 is 0 Å². The molecule has 1 heterocycles. The van der Waals surface area contributed by atoms with Gasteiger partial charge >= 0.3 is 0 Å². The molecule has 3 heteroatoms. The minimum absolute atomic E-state index is 0.164. The molecule has 18 heavy (non-hydrogen) atoms. The number of hydrogen-bond acceptors (Lipinski definition) is 2. The zero-order valence-corrected chi connectivity index (χ0v) is 11.3. The van der Waals surface area contributed by atoms with E-state index in [1.807, 2.05) is 12.1 Å². The number of halogens is 1. The summed E-state index contributed by atoms with van der Waals surface area (Å²) in [4.78, 5) is 2.48. The predicted molar refractivity (Wildman–Crippen MR) is 72.8 cm³/mol. The summed E-state index contributed by atoms with van der Waals surface area (Å²) >= 11 is 0. The minimum atomic E-state index is -0.164. The number of nitrogens with zero attached hydrogens (tertiary/aromatic N) is 1. The van der Waals surface area contributed by atoms with Gasteiger partial charge in [0.05, 0.1) is 6.17 Å². The molecule has 100 valence electrons. The quantitative estimate of drug-likeness (QED) is 0.883. The van der Waals surface area contributed by atoms with Gasteiger partial charge in [0.2, 0.25) is 0 Å². The average molecular weight is 250 g/mol. The highest BCUT2D eigenvalue weighted by Gasteiger charge is 2.26. The monoisotopic (exact) mass is 250 g/mol. The molecular weight excluding hydrogens is 227 g/mol. The van der Waals surface area contributed by atoms with Crippen molar-refractivity contribution >= 4 is 0 Å². The SMILES string of the molecule is CCCCN1CC(C)CNC1c1ccc(F)cc1. The smallest absolute Gasteiger partial charge is 0.123 e. The topological polar surface area (TPSA) is 15.3 Å². The van der Waals surface area contributed by atoms with Crippen molar-refractivity contribution in [3.05, 3.63) is 35.6 Å². The van der Waals surface area contributed by atoms with Crippen molar-refractivity contribution < 1.29 is 4.39 Å². The zero-order chi connectivity index (χ0) is 13.0. The molecule has 2 unspecified atom stereocenters. The van der Waals surface area contributed by atoms with Crippen molar-refractivity contribution in [3.63, 3.8) is 0 Å². The summed E-state index contributed by atoms with van der Waals surface area (Å²) in [7, 11) is 0. The fourth-order valence-corrected chi connectivity index (χ4v) is 2.57. The standard InChI is InChI=1S/C15H23FN2/c1-3-4-9-18-11-12(2)10-17-15(18)13-5-7-14(16)8-6-13/h5-8,12,15,17H,3-4,9-11H2,1-2H3. The molecule has 0 aromatic heterocycles. The predicted octanol–water partition coefficient (Wildman–Crippen LogP) is 3.17. The normalized spacial score (nSPS) is 25.3. The molecule has 1 fully saturated rings. The van der Waals surface area contributed by atoms with Gasteiger partial charge in [-0.1, -0.05) is 32.4 Å². The Bertz CT molecular complexity index is 363. The molecule has 0 bridgehead atoms. The number of rotatable bonds is 4. The molecule has 1 saturated heterocycles. The highest BCUT2D eigenvalue weighted by Crippen LogP contribution is 2.23. The molecule has 0 radical (unpaired) electrons. The van der Waals surface area contributed by atoms with Crippen molar-refractivity contribution in [2.75, 3.05) is 19.6 Å². The number of nitrogens with one attached hydrogen (secondary N) is 1. The molecule has 1 aliphatic rings. The van der Waals surface area contributed by atoms with Gasteiger partial charge in [-0.15, -0.1) is 0 Å². The molecule has 1 N–H and O–H groups in total. The number of benzene rings is 1. The van der Waals surface area contributed by atoms with Gasteiger partial charge < -0.3 is 0 Å². The summed E-state index contributed by atoms with van der Waals surface area (Å²) in [6.07, 6.45) is 2.67. The first-order valence-electron chi connectivity index (χ1n) is 6.93. The summed E-state index contributed by atoms with van der Waals surface area (Å²) < 4.78 is 13.0. The van der Waals surface area contributed by atoms with Gasteiger partial charge in [-0.25, -0.2) is 4.39 Å². The van der Waals surface area contributed by atoms with Crippen molar-refractivity contribution in [1.29, 1.82) is 0 Å². The lowest BCUT2D eigenvalue weighted by Crippen LogP contribution is -2.49. The maximum absolute atomic E-state index is 13.0. The van der Waals surface area contributed by atoms with Crippen LogP contribution in [-0.4, -0.2) is 24.5 Å². The van der Waals surface area contributed by atoms with E-state index in [1.165, 1.54) is 18.4 Å². The van der Waals surface area contributed by atoms with Gasteiger partial charge in [-0.2, -0.15) is 0 Å². The maximum Gasteiger partial charge on any atom is 0.123 e. The summed E-state index contributed by atoms with van der Waals surface area (Å²) in [5.41, 5.74) is 1.17. The zero-order valence-electron chi connectivity index (χ0n) is 11.3. The second-order valence-corrected chi connectivity index (χ2v) is 5.32. The van der Waals surface area contributed by atoms with Crippen LogP contribution in [0.5, 0.6) is 0 Å². The second-order valence-electron chi connectivity index (χ2n) is 5.32. The van der Waals surface area contributed by atoms with E-state index in [0.717, 1.165) is 19.6 Å². The minimum Gasteiger partial charge on any atom is -0.298 e. The Morgan fingerprint density at radius 1 is 1.33 bits per heavy atom. The Labute approximate surface area is 109 Å². The molecule has 2 nitrogen and oxygen atoms in total. The van der Waals surface area contributed by atoms with Gasteiger partial charge in [-0.05, 0) is 36.6 Å². The Morgan fingerprint density at radius 2 is 2.06 bits per heavy atom. The number of hydrogen-bond donors (Lipinski definition) is 1. The molecule has 2 rings (SSSR count). The lowest BCUT2D eigenvalue weighted by Gasteiger charge is -2.39. The molecule has 0 amide bonds. The lowest BCUT2D eigenvalue weighted by atomic mass is 10.0. The van der Waals surface area contributed by atoms with Crippen molar-refractivity contribution in [1.82, 2.24) is 10.2 Å². The van der Waals surface area contributed by atoms with E-state index >= 15 is 0 Å². The van der Waals surface area contributed by atoms with E-state index in [-0.39, 0.29) is 12.0 Å². The van der Waals surface area contributed by atoms with Crippen LogP contribution in [0, 0.1) is 11.7 Å². The van der Waals surface area contributed by atoms with Gasteiger partial charge in [0.25, 0.3) is 0 Å². The highest BCUT2D eigenvalue weighted by atomic mass is 19.1. The van der Waals surface area contributed by atoms with E-state index in [0.29, 0.717) is 5.92 Å². The van der Waals surface area contributed by atoms with E-state index in [2.05, 4.69) is 24.1 Å². The van der Waals surface area contributed by atoms with Gasteiger partial charge in [0.15, 0.2) is 0 Å². The summed E-state index contributed by atoms with van der Waals surface area (Å²) in [5.74, 6) is 0.515. The molecule has 0 spiro atoms. The van der Waals surface area contributed by atoms with E-state index in [4.69, 9.17) is 0 Å². The van der Waals surface area contributed by atoms with Crippen LogP contribution in [0.3, 0.4) is 0 Å². The fraction of sp³-hybridized carbons (Fsp3) is 0.600. The average Bonchev–Trinajstić information content (AvgIpc) is 2.38. The van der Waals surface area contributed by atoms with E-state index in [9.17, 15) is 4.39 Å². The van der Waals surface area contributed by atoms with Crippen LogP contribution in [0.4, 0.5) is 4.39 Å². The largest absolute Gasteiger partial charge is 0.298 e. The van der Waals surface area contributed by atoms with Crippen molar-refractivity contribution in [2.24, 2.45) is 5.92 Å². The molecule has 1 aliphatic heterocycles. The Morgan fingerprint density at radius 3 is 2.72 bits per heavy atom. The Balaban J connectivity index is 2.09. The Kier molecular flexibility index (Phi) is 4.72. The van der Waals surface area contributed by atoms with E-state index in [1.54, 1.807) is 12.1 Å². The van der Waals surface area contributed by atoms with Crippen LogP contribution in [0.1, 0.15) is 38.4 Å². The van der Waals surface area contributed by atoms with Crippen molar-refractivity contribution in [3.8, 4) is 0 Å². The summed E-state index contributed by atoms with van der Waals surface area (Å²) in [5, 5.41) is 3.57.